The summed E-state index contributed by atoms with van der Waals surface area (Å²) in [6.07, 6.45) is 3.49. The van der Waals surface area contributed by atoms with Crippen LogP contribution in [0.5, 0.6) is 0 Å². The highest BCUT2D eigenvalue weighted by Crippen LogP contribution is 2.23. The fraction of sp³-hybridized carbons (Fsp3) is 0. The maximum Gasteiger partial charge on any atom is 0.226 e. The Hall–Kier alpha value is -2.08. The second kappa shape index (κ2) is 4.19. The molecule has 82 valence electrons. The Balaban J connectivity index is 2.26. The number of furan rings is 1. The lowest BCUT2D eigenvalue weighted by Crippen LogP contribution is -1.99. The Morgan fingerprint density at radius 3 is 3.00 bits per heavy atom. The van der Waals surface area contributed by atoms with Crippen LogP contribution in [-0.2, 0) is 0 Å². The average Bonchev–Trinajstić information content (AvgIpc) is 2.86. The number of rotatable bonds is 3. The molecule has 0 aromatic carbocycles. The van der Waals surface area contributed by atoms with Gasteiger partial charge in [0.05, 0.1) is 11.8 Å². The number of aromatic nitrogens is 3. The number of allylic oxidation sites excluding steroid dienone is 1. The summed E-state index contributed by atoms with van der Waals surface area (Å²) in [7, 11) is 0. The number of nitrogens with zero attached hydrogens (tertiary/aromatic N) is 2. The van der Waals surface area contributed by atoms with Gasteiger partial charge in [0.2, 0.25) is 11.0 Å². The highest BCUT2D eigenvalue weighted by Gasteiger charge is 2.12. The van der Waals surface area contributed by atoms with Crippen molar-refractivity contribution in [2.75, 3.05) is 0 Å². The summed E-state index contributed by atoms with van der Waals surface area (Å²) in [6, 6.07) is 1.45. The summed E-state index contributed by atoms with van der Waals surface area (Å²) in [4.78, 5) is 15.1. The van der Waals surface area contributed by atoms with Crippen molar-refractivity contribution in [3.63, 3.8) is 0 Å². The van der Waals surface area contributed by atoms with Crippen LogP contribution in [0.15, 0.2) is 29.2 Å². The molecule has 0 spiro atoms. The SMILES string of the molecule is O=C(C=C(O)c1ccoc1Cl)c1ncn[nH]1. The van der Waals surface area contributed by atoms with Crippen molar-refractivity contribution in [3.8, 4) is 0 Å². The van der Waals surface area contributed by atoms with E-state index < -0.39 is 5.78 Å². The van der Waals surface area contributed by atoms with Crippen LogP contribution in [0, 0.1) is 0 Å². The van der Waals surface area contributed by atoms with Gasteiger partial charge in [0, 0.05) is 6.08 Å². The number of aromatic amines is 1. The first-order valence-corrected chi connectivity index (χ1v) is 4.60. The zero-order valence-electron chi connectivity index (χ0n) is 7.85. The lowest BCUT2D eigenvalue weighted by Gasteiger charge is -1.95. The summed E-state index contributed by atoms with van der Waals surface area (Å²) >= 11 is 5.63. The van der Waals surface area contributed by atoms with Gasteiger partial charge >= 0.3 is 0 Å². The molecule has 6 nitrogen and oxygen atoms in total. The molecule has 0 aliphatic rings. The summed E-state index contributed by atoms with van der Waals surface area (Å²) in [5.41, 5.74) is 0.245. The molecule has 0 aliphatic heterocycles. The normalized spacial score (nSPS) is 11.7. The van der Waals surface area contributed by atoms with Crippen molar-refractivity contribution in [2.45, 2.75) is 0 Å². The van der Waals surface area contributed by atoms with Gasteiger partial charge in [-0.05, 0) is 17.7 Å². The van der Waals surface area contributed by atoms with Crippen molar-refractivity contribution < 1.29 is 14.3 Å². The van der Waals surface area contributed by atoms with E-state index in [0.29, 0.717) is 0 Å². The van der Waals surface area contributed by atoms with Crippen LogP contribution in [-0.4, -0.2) is 26.1 Å². The quantitative estimate of drug-likeness (QED) is 0.484. The van der Waals surface area contributed by atoms with Gasteiger partial charge in [0.25, 0.3) is 0 Å². The Kier molecular flexibility index (Phi) is 2.74. The van der Waals surface area contributed by atoms with Gasteiger partial charge in [-0.2, -0.15) is 5.10 Å². The molecule has 7 heteroatoms. The average molecular weight is 240 g/mol. The monoisotopic (exact) mass is 239 g/mol. The zero-order chi connectivity index (χ0) is 11.5. The predicted molar refractivity (Wildman–Crippen MR) is 55.0 cm³/mol. The van der Waals surface area contributed by atoms with Crippen molar-refractivity contribution in [2.24, 2.45) is 0 Å². The van der Waals surface area contributed by atoms with Crippen LogP contribution < -0.4 is 0 Å². The Morgan fingerprint density at radius 1 is 1.62 bits per heavy atom. The topological polar surface area (TPSA) is 92.0 Å². The van der Waals surface area contributed by atoms with E-state index in [1.807, 2.05) is 0 Å². The Bertz CT molecular complexity index is 530. The molecule has 0 amide bonds. The standard InChI is InChI=1S/C9H6ClN3O3/c10-8-5(1-2-16-8)6(14)3-7(15)9-11-4-12-13-9/h1-4,14H,(H,11,12,13). The first-order chi connectivity index (χ1) is 7.68. The lowest BCUT2D eigenvalue weighted by atomic mass is 10.2. The van der Waals surface area contributed by atoms with Gasteiger partial charge in [-0.25, -0.2) is 4.98 Å². The van der Waals surface area contributed by atoms with Crippen LogP contribution in [0.2, 0.25) is 5.22 Å². The van der Waals surface area contributed by atoms with E-state index in [1.165, 1.54) is 18.7 Å². The molecule has 0 unspecified atom stereocenters. The summed E-state index contributed by atoms with van der Waals surface area (Å²) in [6.45, 7) is 0. The molecule has 0 saturated heterocycles. The highest BCUT2D eigenvalue weighted by atomic mass is 35.5. The number of halogens is 1. The van der Waals surface area contributed by atoms with Crippen LogP contribution in [0.4, 0.5) is 0 Å². The van der Waals surface area contributed by atoms with Crippen molar-refractivity contribution in [1.82, 2.24) is 15.2 Å². The second-order valence-electron chi connectivity index (χ2n) is 2.84. The molecule has 0 radical (unpaired) electrons. The molecule has 2 heterocycles. The van der Waals surface area contributed by atoms with Gasteiger partial charge in [0.15, 0.2) is 5.82 Å². The van der Waals surface area contributed by atoms with Crippen LogP contribution in [0.1, 0.15) is 16.2 Å². The number of ketones is 1. The first-order valence-electron chi connectivity index (χ1n) is 4.22. The lowest BCUT2D eigenvalue weighted by molar-refractivity contribution is 0.103. The number of H-pyrrole nitrogens is 1. The van der Waals surface area contributed by atoms with Gasteiger partial charge in [-0.15, -0.1) is 0 Å². The third kappa shape index (κ3) is 1.96. The third-order valence-electron chi connectivity index (χ3n) is 1.81. The molecule has 0 fully saturated rings. The molecular formula is C9H6ClN3O3. The number of carbonyl (C=O) groups excluding carboxylic acids is 1. The largest absolute Gasteiger partial charge is 0.507 e. The summed E-state index contributed by atoms with van der Waals surface area (Å²) < 4.78 is 4.78. The van der Waals surface area contributed by atoms with Crippen LogP contribution in [0.25, 0.3) is 5.76 Å². The highest BCUT2D eigenvalue weighted by molar-refractivity contribution is 6.30. The maximum absolute atomic E-state index is 11.5. The van der Waals surface area contributed by atoms with Crippen LogP contribution in [0.3, 0.4) is 0 Å². The molecule has 0 saturated carbocycles. The smallest absolute Gasteiger partial charge is 0.226 e. The van der Waals surface area contributed by atoms with Gasteiger partial charge in [-0.1, -0.05) is 0 Å². The van der Waals surface area contributed by atoms with E-state index in [2.05, 4.69) is 15.2 Å². The fourth-order valence-electron chi connectivity index (χ4n) is 1.07. The maximum atomic E-state index is 11.5. The molecule has 0 bridgehead atoms. The number of hydrogen-bond acceptors (Lipinski definition) is 5. The molecule has 0 atom stereocenters. The van der Waals surface area contributed by atoms with Crippen molar-refractivity contribution in [1.29, 1.82) is 0 Å². The minimum atomic E-state index is -0.507. The number of nitrogens with one attached hydrogen (secondary N) is 1. The fourth-order valence-corrected chi connectivity index (χ4v) is 1.28. The number of aliphatic hydroxyl groups excluding tert-OH is 1. The summed E-state index contributed by atoms with van der Waals surface area (Å²) in [5.74, 6) is -0.765. The van der Waals surface area contributed by atoms with Gasteiger partial charge in [0.1, 0.15) is 12.1 Å². The minimum Gasteiger partial charge on any atom is -0.507 e. The molecule has 16 heavy (non-hydrogen) atoms. The van der Waals surface area contributed by atoms with Crippen LogP contribution >= 0.6 is 11.6 Å². The van der Waals surface area contributed by atoms with E-state index in [1.54, 1.807) is 0 Å². The number of hydrogen-bond donors (Lipinski definition) is 2. The molecule has 0 aliphatic carbocycles. The van der Waals surface area contributed by atoms with Crippen molar-refractivity contribution >= 4 is 23.1 Å². The second-order valence-corrected chi connectivity index (χ2v) is 3.18. The van der Waals surface area contributed by atoms with E-state index in [9.17, 15) is 9.90 Å². The van der Waals surface area contributed by atoms with E-state index in [-0.39, 0.29) is 22.4 Å². The van der Waals surface area contributed by atoms with Crippen molar-refractivity contribution in [3.05, 3.63) is 41.3 Å². The minimum absolute atomic E-state index is 0.0131. The molecule has 2 aromatic rings. The Labute approximate surface area is 94.6 Å². The van der Waals surface area contributed by atoms with E-state index in [4.69, 9.17) is 16.0 Å². The van der Waals surface area contributed by atoms with E-state index in [0.717, 1.165) is 6.08 Å². The third-order valence-corrected chi connectivity index (χ3v) is 2.10. The number of carbonyl (C=O) groups is 1. The first kappa shape index (κ1) is 10.4. The van der Waals surface area contributed by atoms with E-state index >= 15 is 0 Å². The van der Waals surface area contributed by atoms with Gasteiger partial charge < -0.3 is 9.52 Å². The molecule has 2 rings (SSSR count). The molecule has 2 aromatic heterocycles. The number of aliphatic hydroxyl groups is 1. The predicted octanol–water partition coefficient (Wildman–Crippen LogP) is 1.83. The molecular weight excluding hydrogens is 234 g/mol. The summed E-state index contributed by atoms with van der Waals surface area (Å²) in [5, 5.41) is 15.5. The molecule has 2 N–H and O–H groups in total. The zero-order valence-corrected chi connectivity index (χ0v) is 8.60. The van der Waals surface area contributed by atoms with Gasteiger partial charge in [-0.3, -0.25) is 9.89 Å². The Morgan fingerprint density at radius 2 is 2.44 bits per heavy atom.